The number of carbonyl (C=O) groups excluding carboxylic acids is 1. The van der Waals surface area contributed by atoms with Crippen molar-refractivity contribution < 1.29 is 10.0 Å². The second kappa shape index (κ2) is 7.24. The van der Waals surface area contributed by atoms with E-state index in [0.717, 1.165) is 5.56 Å². The van der Waals surface area contributed by atoms with Crippen LogP contribution in [0.3, 0.4) is 0 Å². The van der Waals surface area contributed by atoms with Gasteiger partial charge in [-0.05, 0) is 25.0 Å². The molecule has 0 aromatic heterocycles. The van der Waals surface area contributed by atoms with Gasteiger partial charge in [-0.15, -0.1) is 0 Å². The predicted octanol–water partition coefficient (Wildman–Crippen LogP) is 3.46. The van der Waals surface area contributed by atoms with Crippen LogP contribution >= 0.6 is 0 Å². The number of anilines is 1. The average Bonchev–Trinajstić information content (AvgIpc) is 2.54. The van der Waals surface area contributed by atoms with Crippen LogP contribution in [-0.2, 0) is 11.2 Å². The summed E-state index contributed by atoms with van der Waals surface area (Å²) >= 11 is 0. The number of amides is 1. The van der Waals surface area contributed by atoms with Crippen molar-refractivity contribution >= 4 is 17.3 Å². The van der Waals surface area contributed by atoms with Crippen molar-refractivity contribution in [1.29, 1.82) is 0 Å². The minimum absolute atomic E-state index is 0.0583. The lowest BCUT2D eigenvalue weighted by Gasteiger charge is -2.10. The molecule has 21 heavy (non-hydrogen) atoms. The molecular weight excluding hydrogens is 264 g/mol. The van der Waals surface area contributed by atoms with Gasteiger partial charge in [-0.25, -0.2) is 0 Å². The quantitative estimate of drug-likeness (QED) is 0.501. The number of nitrogens with zero attached hydrogens (tertiary/aromatic N) is 1. The molecule has 4 nitrogen and oxygen atoms in total. The first-order valence-electron chi connectivity index (χ1n) is 6.82. The van der Waals surface area contributed by atoms with Crippen molar-refractivity contribution in [3.63, 3.8) is 0 Å². The molecule has 0 fully saturated rings. The van der Waals surface area contributed by atoms with Crippen LogP contribution in [-0.4, -0.2) is 16.8 Å². The van der Waals surface area contributed by atoms with Gasteiger partial charge in [0.05, 0.1) is 5.71 Å². The van der Waals surface area contributed by atoms with Crippen LogP contribution in [0.25, 0.3) is 0 Å². The topological polar surface area (TPSA) is 61.7 Å². The highest BCUT2D eigenvalue weighted by atomic mass is 16.4. The number of oxime groups is 1. The van der Waals surface area contributed by atoms with Crippen molar-refractivity contribution in [2.75, 3.05) is 5.32 Å². The summed E-state index contributed by atoms with van der Waals surface area (Å²) in [6, 6.07) is 17.2. The van der Waals surface area contributed by atoms with Crippen molar-refractivity contribution in [2.24, 2.45) is 5.16 Å². The number of rotatable bonds is 5. The molecule has 0 bridgehead atoms. The molecule has 0 aliphatic carbocycles. The molecule has 108 valence electrons. The number of hydrogen-bond donors (Lipinski definition) is 2. The zero-order valence-corrected chi connectivity index (χ0v) is 11.9. The molecule has 0 spiro atoms. The summed E-state index contributed by atoms with van der Waals surface area (Å²) in [6.45, 7) is 1.69. The van der Waals surface area contributed by atoms with Gasteiger partial charge in [0.15, 0.2) is 0 Å². The van der Waals surface area contributed by atoms with E-state index >= 15 is 0 Å². The molecule has 0 aliphatic heterocycles. The van der Waals surface area contributed by atoms with Gasteiger partial charge < -0.3 is 10.5 Å². The molecule has 0 unspecified atom stereocenters. The molecular formula is C17H18N2O2. The summed E-state index contributed by atoms with van der Waals surface area (Å²) in [5, 5.41) is 14.9. The molecule has 1 amide bonds. The fourth-order valence-corrected chi connectivity index (χ4v) is 2.08. The highest BCUT2D eigenvalue weighted by molar-refractivity contribution is 6.06. The maximum atomic E-state index is 12.0. The van der Waals surface area contributed by atoms with Gasteiger partial charge in [0.25, 0.3) is 0 Å². The first-order valence-corrected chi connectivity index (χ1v) is 6.82. The summed E-state index contributed by atoms with van der Waals surface area (Å²) < 4.78 is 0. The Kier molecular flexibility index (Phi) is 5.10. The number of nitrogens with one attached hydrogen (secondary N) is 1. The van der Waals surface area contributed by atoms with Crippen molar-refractivity contribution in [1.82, 2.24) is 0 Å². The molecule has 2 N–H and O–H groups in total. The Balaban J connectivity index is 2.00. The summed E-state index contributed by atoms with van der Waals surface area (Å²) in [7, 11) is 0. The molecule has 4 heteroatoms. The minimum atomic E-state index is -0.0583. The Morgan fingerprint density at radius 2 is 1.76 bits per heavy atom. The van der Waals surface area contributed by atoms with Gasteiger partial charge in [0, 0.05) is 17.7 Å². The van der Waals surface area contributed by atoms with Gasteiger partial charge >= 0.3 is 0 Å². The van der Waals surface area contributed by atoms with Crippen molar-refractivity contribution in [3.05, 3.63) is 65.7 Å². The zero-order chi connectivity index (χ0) is 15.1. The third-order valence-corrected chi connectivity index (χ3v) is 3.22. The van der Waals surface area contributed by atoms with E-state index in [1.54, 1.807) is 13.0 Å². The third-order valence-electron chi connectivity index (χ3n) is 3.22. The van der Waals surface area contributed by atoms with E-state index in [-0.39, 0.29) is 5.91 Å². The molecule has 0 aliphatic rings. The van der Waals surface area contributed by atoms with Crippen LogP contribution in [0.1, 0.15) is 24.5 Å². The van der Waals surface area contributed by atoms with Gasteiger partial charge in [0.2, 0.25) is 5.91 Å². The van der Waals surface area contributed by atoms with Gasteiger partial charge in [-0.2, -0.15) is 0 Å². The fourth-order valence-electron chi connectivity index (χ4n) is 2.08. The van der Waals surface area contributed by atoms with Crippen molar-refractivity contribution in [2.45, 2.75) is 19.8 Å². The van der Waals surface area contributed by atoms with E-state index in [4.69, 9.17) is 5.21 Å². The Bertz CT molecular complexity index is 636. The number of benzene rings is 2. The molecule has 0 radical (unpaired) electrons. The lowest BCUT2D eigenvalue weighted by Crippen LogP contribution is -2.14. The highest BCUT2D eigenvalue weighted by Crippen LogP contribution is 2.16. The SMILES string of the molecule is C/C(=N\O)c1ccccc1NC(=O)CCc1ccccc1. The summed E-state index contributed by atoms with van der Waals surface area (Å²) in [4.78, 5) is 12.0. The Morgan fingerprint density at radius 1 is 1.10 bits per heavy atom. The number of carbonyl (C=O) groups is 1. The Hall–Kier alpha value is -2.62. The maximum absolute atomic E-state index is 12.0. The van der Waals surface area contributed by atoms with E-state index < -0.39 is 0 Å². The Morgan fingerprint density at radius 3 is 2.48 bits per heavy atom. The van der Waals surface area contributed by atoms with Crippen molar-refractivity contribution in [3.8, 4) is 0 Å². The number of hydrogen-bond acceptors (Lipinski definition) is 3. The average molecular weight is 282 g/mol. The molecule has 0 atom stereocenters. The van der Waals surface area contributed by atoms with Crippen LogP contribution in [0.4, 0.5) is 5.69 Å². The largest absolute Gasteiger partial charge is 0.411 e. The van der Waals surface area contributed by atoms with Crippen LogP contribution in [0.5, 0.6) is 0 Å². The van der Waals surface area contributed by atoms with Gasteiger partial charge in [-0.3, -0.25) is 4.79 Å². The highest BCUT2D eigenvalue weighted by Gasteiger charge is 2.09. The molecule has 2 aromatic carbocycles. The summed E-state index contributed by atoms with van der Waals surface area (Å²) in [6.07, 6.45) is 1.11. The first kappa shape index (κ1) is 14.8. The smallest absolute Gasteiger partial charge is 0.224 e. The standard InChI is InChI=1S/C17H18N2O2/c1-13(19-21)15-9-5-6-10-16(15)18-17(20)12-11-14-7-3-2-4-8-14/h2-10,21H,11-12H2,1H3,(H,18,20)/b19-13+. The monoisotopic (exact) mass is 282 g/mol. The van der Waals surface area contributed by atoms with Crippen LogP contribution in [0, 0.1) is 0 Å². The van der Waals surface area contributed by atoms with Gasteiger partial charge in [-0.1, -0.05) is 53.7 Å². The first-order chi connectivity index (χ1) is 10.2. The number of para-hydroxylation sites is 1. The van der Waals surface area contributed by atoms with E-state index in [1.165, 1.54) is 0 Å². The lowest BCUT2D eigenvalue weighted by atomic mass is 10.1. The van der Waals surface area contributed by atoms with E-state index in [0.29, 0.717) is 29.8 Å². The minimum Gasteiger partial charge on any atom is -0.411 e. The normalized spacial score (nSPS) is 11.2. The molecule has 0 heterocycles. The van der Waals surface area contributed by atoms with E-state index in [2.05, 4.69) is 10.5 Å². The van der Waals surface area contributed by atoms with Crippen LogP contribution in [0.15, 0.2) is 59.8 Å². The van der Waals surface area contributed by atoms with E-state index in [1.807, 2.05) is 48.5 Å². The van der Waals surface area contributed by atoms with Crippen LogP contribution in [0.2, 0.25) is 0 Å². The Labute approximate surface area is 124 Å². The number of aryl methyl sites for hydroxylation is 1. The van der Waals surface area contributed by atoms with E-state index in [9.17, 15) is 4.79 Å². The third kappa shape index (κ3) is 4.18. The second-order valence-electron chi connectivity index (χ2n) is 4.76. The predicted molar refractivity (Wildman–Crippen MR) is 83.8 cm³/mol. The summed E-state index contributed by atoms with van der Waals surface area (Å²) in [5.74, 6) is -0.0583. The zero-order valence-electron chi connectivity index (χ0n) is 11.9. The summed E-state index contributed by atoms with van der Waals surface area (Å²) in [5.41, 5.74) is 2.97. The fraction of sp³-hybridized carbons (Fsp3) is 0.176. The maximum Gasteiger partial charge on any atom is 0.224 e. The lowest BCUT2D eigenvalue weighted by molar-refractivity contribution is -0.116. The molecule has 2 aromatic rings. The molecule has 0 saturated heterocycles. The molecule has 0 saturated carbocycles. The molecule has 2 rings (SSSR count). The van der Waals surface area contributed by atoms with Crippen LogP contribution < -0.4 is 5.32 Å². The second-order valence-corrected chi connectivity index (χ2v) is 4.76. The van der Waals surface area contributed by atoms with Gasteiger partial charge in [0.1, 0.15) is 0 Å².